The quantitative estimate of drug-likeness (QED) is 0.769. The summed E-state index contributed by atoms with van der Waals surface area (Å²) in [7, 11) is 2.08. The summed E-state index contributed by atoms with van der Waals surface area (Å²) in [5, 5.41) is 0. The Bertz CT molecular complexity index is 909. The lowest BCUT2D eigenvalue weighted by Crippen LogP contribution is -2.33. The summed E-state index contributed by atoms with van der Waals surface area (Å²) in [6.07, 6.45) is 0. The van der Waals surface area contributed by atoms with Crippen LogP contribution in [0.4, 0.5) is 4.39 Å². The number of halogens is 2. The van der Waals surface area contributed by atoms with Crippen LogP contribution >= 0.6 is 12.4 Å². The predicted molar refractivity (Wildman–Crippen MR) is 104 cm³/mol. The van der Waals surface area contributed by atoms with E-state index < -0.39 is 0 Å². The molecule has 3 atom stereocenters. The summed E-state index contributed by atoms with van der Waals surface area (Å²) in [4.78, 5) is 17.2. The molecule has 5 rings (SSSR count). The number of ether oxygens (including phenoxy) is 2. The van der Waals surface area contributed by atoms with E-state index in [2.05, 4.69) is 11.9 Å². The fraction of sp³-hybridized carbons (Fsp3) is 0.381. The van der Waals surface area contributed by atoms with Gasteiger partial charge in [0.05, 0.1) is 0 Å². The summed E-state index contributed by atoms with van der Waals surface area (Å²) >= 11 is 0. The van der Waals surface area contributed by atoms with Crippen LogP contribution < -0.4 is 9.47 Å². The molecule has 2 aromatic carbocycles. The number of carbonyl (C=O) groups excluding carboxylic acids is 1. The second-order valence-electron chi connectivity index (χ2n) is 7.64. The third kappa shape index (κ3) is 3.10. The van der Waals surface area contributed by atoms with E-state index in [-0.39, 0.29) is 37.0 Å². The smallest absolute Gasteiger partial charge is 0.254 e. The number of fused-ring (bicyclic) bond motifs is 2. The van der Waals surface area contributed by atoms with E-state index >= 15 is 0 Å². The molecule has 2 saturated heterocycles. The Morgan fingerprint density at radius 1 is 1.07 bits per heavy atom. The molecule has 0 unspecified atom stereocenters. The summed E-state index contributed by atoms with van der Waals surface area (Å²) in [6.45, 7) is 2.52. The molecule has 0 radical (unpaired) electrons. The molecular formula is C21H22ClFN2O3. The van der Waals surface area contributed by atoms with Gasteiger partial charge < -0.3 is 14.4 Å². The van der Waals surface area contributed by atoms with Crippen LogP contribution in [0.2, 0.25) is 0 Å². The normalized spacial score (nSPS) is 25.5. The second kappa shape index (κ2) is 7.26. The lowest BCUT2D eigenvalue weighted by atomic mass is 9.89. The summed E-state index contributed by atoms with van der Waals surface area (Å²) in [5.74, 6) is 1.82. The topological polar surface area (TPSA) is 42.0 Å². The van der Waals surface area contributed by atoms with E-state index in [4.69, 9.17) is 9.47 Å². The molecule has 28 heavy (non-hydrogen) atoms. The number of carbonyl (C=O) groups is 1. The van der Waals surface area contributed by atoms with Crippen LogP contribution in [-0.4, -0.2) is 49.2 Å². The number of rotatable bonds is 2. The lowest BCUT2D eigenvalue weighted by Gasteiger charge is -2.27. The predicted octanol–water partition coefficient (Wildman–Crippen LogP) is 3.35. The first-order valence-electron chi connectivity index (χ1n) is 9.25. The van der Waals surface area contributed by atoms with Gasteiger partial charge in [-0.2, -0.15) is 0 Å². The van der Waals surface area contributed by atoms with Crippen LogP contribution in [0.25, 0.3) is 0 Å². The van der Waals surface area contributed by atoms with Crippen molar-refractivity contribution in [3.05, 3.63) is 59.4 Å². The fourth-order valence-electron chi connectivity index (χ4n) is 4.83. The van der Waals surface area contributed by atoms with Gasteiger partial charge in [-0.05, 0) is 48.9 Å². The minimum atomic E-state index is -0.212. The number of hydrogen-bond donors (Lipinski definition) is 0. The van der Waals surface area contributed by atoms with Crippen LogP contribution in [0, 0.1) is 17.7 Å². The van der Waals surface area contributed by atoms with Crippen molar-refractivity contribution in [3.63, 3.8) is 0 Å². The zero-order valence-electron chi connectivity index (χ0n) is 15.5. The largest absolute Gasteiger partial charge is 0.454 e. The Kier molecular flexibility index (Phi) is 4.93. The molecule has 5 nitrogen and oxygen atoms in total. The van der Waals surface area contributed by atoms with Gasteiger partial charge in [-0.15, -0.1) is 12.4 Å². The fourth-order valence-corrected chi connectivity index (χ4v) is 4.83. The maximum atomic E-state index is 13.7. The van der Waals surface area contributed by atoms with E-state index in [9.17, 15) is 9.18 Å². The molecule has 0 bridgehead atoms. The van der Waals surface area contributed by atoms with Gasteiger partial charge in [0.2, 0.25) is 6.79 Å². The first kappa shape index (κ1) is 19.0. The Balaban J connectivity index is 0.00000192. The van der Waals surface area contributed by atoms with E-state index in [0.717, 1.165) is 18.7 Å². The van der Waals surface area contributed by atoms with Gasteiger partial charge in [0.1, 0.15) is 5.82 Å². The van der Waals surface area contributed by atoms with Crippen LogP contribution in [0.15, 0.2) is 42.5 Å². The van der Waals surface area contributed by atoms with Gasteiger partial charge >= 0.3 is 0 Å². The molecule has 3 heterocycles. The minimum Gasteiger partial charge on any atom is -0.454 e. The average Bonchev–Trinajstić information content (AvgIpc) is 3.34. The summed E-state index contributed by atoms with van der Waals surface area (Å²) < 4.78 is 24.4. The van der Waals surface area contributed by atoms with Gasteiger partial charge in [-0.1, -0.05) is 12.1 Å². The highest BCUT2D eigenvalue weighted by Gasteiger charge is 2.47. The molecule has 2 aromatic rings. The highest BCUT2D eigenvalue weighted by atomic mass is 35.5. The molecular weight excluding hydrogens is 383 g/mol. The zero-order valence-corrected chi connectivity index (χ0v) is 16.3. The number of benzene rings is 2. The van der Waals surface area contributed by atoms with E-state index in [0.29, 0.717) is 35.4 Å². The molecule has 0 aromatic heterocycles. The third-order valence-electron chi connectivity index (χ3n) is 5.99. The number of likely N-dealkylation sites (tertiary alicyclic amines) is 2. The van der Waals surface area contributed by atoms with Crippen LogP contribution in [0.1, 0.15) is 22.0 Å². The number of nitrogens with zero attached hydrogens (tertiary/aromatic N) is 2. The SMILES string of the molecule is CN1C[C@H]2CN(C(=O)c3ccc4c(c3)OCO4)C[C@H]2[C@@H]1c1cccc(F)c1.Cl. The van der Waals surface area contributed by atoms with Gasteiger partial charge in [-0.25, -0.2) is 4.39 Å². The Labute approximate surface area is 169 Å². The maximum absolute atomic E-state index is 13.7. The van der Waals surface area contributed by atoms with Crippen molar-refractivity contribution in [2.45, 2.75) is 6.04 Å². The van der Waals surface area contributed by atoms with Gasteiger partial charge in [-0.3, -0.25) is 9.69 Å². The van der Waals surface area contributed by atoms with Crippen molar-refractivity contribution >= 4 is 18.3 Å². The molecule has 148 valence electrons. The zero-order chi connectivity index (χ0) is 18.5. The van der Waals surface area contributed by atoms with Gasteiger partial charge in [0.15, 0.2) is 11.5 Å². The van der Waals surface area contributed by atoms with Crippen LogP contribution in [-0.2, 0) is 0 Å². The molecule has 3 aliphatic heterocycles. The first-order chi connectivity index (χ1) is 13.1. The van der Waals surface area contributed by atoms with Crippen molar-refractivity contribution < 1.29 is 18.7 Å². The molecule has 0 saturated carbocycles. The monoisotopic (exact) mass is 404 g/mol. The number of hydrogen-bond acceptors (Lipinski definition) is 4. The highest BCUT2D eigenvalue weighted by Crippen LogP contribution is 2.44. The average molecular weight is 405 g/mol. The van der Waals surface area contributed by atoms with Crippen LogP contribution in [0.3, 0.4) is 0 Å². The lowest BCUT2D eigenvalue weighted by molar-refractivity contribution is 0.0767. The summed E-state index contributed by atoms with van der Waals surface area (Å²) in [5.41, 5.74) is 1.61. The Morgan fingerprint density at radius 3 is 2.71 bits per heavy atom. The molecule has 0 aliphatic carbocycles. The van der Waals surface area contributed by atoms with Gasteiger partial charge in [0.25, 0.3) is 5.91 Å². The molecule has 3 aliphatic rings. The maximum Gasteiger partial charge on any atom is 0.254 e. The van der Waals surface area contributed by atoms with E-state index in [1.165, 1.54) is 6.07 Å². The van der Waals surface area contributed by atoms with Crippen molar-refractivity contribution in [3.8, 4) is 11.5 Å². The van der Waals surface area contributed by atoms with Crippen molar-refractivity contribution in [1.82, 2.24) is 9.80 Å². The van der Waals surface area contributed by atoms with E-state index in [1.807, 2.05) is 11.0 Å². The molecule has 2 fully saturated rings. The minimum absolute atomic E-state index is 0. The van der Waals surface area contributed by atoms with E-state index in [1.54, 1.807) is 30.3 Å². The van der Waals surface area contributed by atoms with Crippen molar-refractivity contribution in [2.24, 2.45) is 11.8 Å². The Hall–Kier alpha value is -2.31. The summed E-state index contributed by atoms with van der Waals surface area (Å²) in [6, 6.07) is 12.3. The third-order valence-corrected chi connectivity index (χ3v) is 5.99. The highest BCUT2D eigenvalue weighted by molar-refractivity contribution is 5.95. The van der Waals surface area contributed by atoms with Crippen LogP contribution in [0.5, 0.6) is 11.5 Å². The van der Waals surface area contributed by atoms with Crippen molar-refractivity contribution in [1.29, 1.82) is 0 Å². The molecule has 7 heteroatoms. The Morgan fingerprint density at radius 2 is 1.89 bits per heavy atom. The molecule has 0 N–H and O–H groups in total. The van der Waals surface area contributed by atoms with Crippen molar-refractivity contribution in [2.75, 3.05) is 33.5 Å². The second-order valence-corrected chi connectivity index (χ2v) is 7.64. The standard InChI is InChI=1S/C21H21FN2O3.ClH/c1-23-9-15-10-24(11-17(15)20(23)13-3-2-4-16(22)7-13)21(25)14-5-6-18-19(8-14)27-12-26-18;/h2-8,15,17,20H,9-12H2,1H3;1H/t15-,17+,20-;/m0./s1. The number of amides is 1. The molecule has 0 spiro atoms. The molecule has 1 amide bonds. The van der Waals surface area contributed by atoms with Gasteiger partial charge in [0, 0.05) is 37.2 Å². The first-order valence-corrected chi connectivity index (χ1v) is 9.25.